The van der Waals surface area contributed by atoms with Crippen LogP contribution in [0.1, 0.15) is 16.7 Å². The number of halogens is 6. The van der Waals surface area contributed by atoms with Crippen molar-refractivity contribution in [1.82, 2.24) is 9.55 Å². The third-order valence-electron chi connectivity index (χ3n) is 3.88. The van der Waals surface area contributed by atoms with Gasteiger partial charge in [0.25, 0.3) is 0 Å². The summed E-state index contributed by atoms with van der Waals surface area (Å²) < 4.78 is 79.4. The van der Waals surface area contributed by atoms with E-state index >= 15 is 0 Å². The lowest BCUT2D eigenvalue weighted by Crippen LogP contribution is -2.19. The molecule has 140 valence electrons. The highest BCUT2D eigenvalue weighted by atomic mass is 19.4. The lowest BCUT2D eigenvalue weighted by molar-refractivity contribution is -0.138. The monoisotopic (exact) mass is 385 g/mol. The molecule has 0 bridgehead atoms. The molecule has 0 fully saturated rings. The van der Waals surface area contributed by atoms with Gasteiger partial charge in [-0.25, -0.2) is 9.64 Å². The van der Waals surface area contributed by atoms with Crippen LogP contribution in [0.4, 0.5) is 32.0 Å². The summed E-state index contributed by atoms with van der Waals surface area (Å²) in [5.41, 5.74) is -4.15. The number of hydrogen-bond acceptors (Lipinski definition) is 1. The summed E-state index contributed by atoms with van der Waals surface area (Å²) >= 11 is 0. The molecule has 2 aromatic carbocycles. The van der Waals surface area contributed by atoms with Crippen LogP contribution in [0.5, 0.6) is 0 Å². The SMILES string of the molecule is [C-]#[N+]c1cc(C(F)(F)F)c2c(c1)[nH]c(=O)n2Cc1cccc(C(F)(F)F)c1. The van der Waals surface area contributed by atoms with Crippen LogP contribution in [-0.2, 0) is 18.9 Å². The maximum atomic E-state index is 13.4. The topological polar surface area (TPSA) is 42.1 Å². The van der Waals surface area contributed by atoms with Gasteiger partial charge in [0.15, 0.2) is 5.69 Å². The number of aromatic amines is 1. The van der Waals surface area contributed by atoms with E-state index in [4.69, 9.17) is 6.57 Å². The first-order valence-electron chi connectivity index (χ1n) is 7.38. The normalized spacial score (nSPS) is 12.3. The quantitative estimate of drug-likeness (QED) is 0.491. The minimum atomic E-state index is -4.86. The Morgan fingerprint density at radius 1 is 1.04 bits per heavy atom. The summed E-state index contributed by atoms with van der Waals surface area (Å²) in [7, 11) is 0. The third-order valence-corrected chi connectivity index (χ3v) is 3.88. The van der Waals surface area contributed by atoms with Crippen molar-refractivity contribution < 1.29 is 26.3 Å². The lowest BCUT2D eigenvalue weighted by atomic mass is 10.1. The van der Waals surface area contributed by atoms with Crippen LogP contribution in [0.15, 0.2) is 41.2 Å². The number of H-pyrrole nitrogens is 1. The van der Waals surface area contributed by atoms with E-state index in [9.17, 15) is 31.1 Å². The Bertz CT molecular complexity index is 1110. The van der Waals surface area contributed by atoms with E-state index in [0.29, 0.717) is 10.6 Å². The Labute approximate surface area is 147 Å². The van der Waals surface area contributed by atoms with Crippen LogP contribution in [0.2, 0.25) is 0 Å². The first-order valence-corrected chi connectivity index (χ1v) is 7.38. The predicted molar refractivity (Wildman–Crippen MR) is 84.4 cm³/mol. The molecule has 0 aliphatic heterocycles. The second-order valence-corrected chi connectivity index (χ2v) is 5.71. The Kier molecular flexibility index (Phi) is 4.26. The van der Waals surface area contributed by atoms with E-state index in [0.717, 1.165) is 24.3 Å². The smallest absolute Gasteiger partial charge is 0.307 e. The average Bonchev–Trinajstić information content (AvgIpc) is 2.88. The molecule has 27 heavy (non-hydrogen) atoms. The molecule has 0 aliphatic carbocycles. The van der Waals surface area contributed by atoms with Crippen LogP contribution < -0.4 is 5.69 Å². The molecule has 0 spiro atoms. The molecular formula is C17H9F6N3O. The zero-order valence-corrected chi connectivity index (χ0v) is 13.2. The molecule has 0 radical (unpaired) electrons. The van der Waals surface area contributed by atoms with E-state index in [1.54, 1.807) is 0 Å². The summed E-state index contributed by atoms with van der Waals surface area (Å²) in [6.07, 6.45) is -9.48. The minimum Gasteiger partial charge on any atom is -0.307 e. The summed E-state index contributed by atoms with van der Waals surface area (Å²) in [5, 5.41) is 0. The third kappa shape index (κ3) is 3.53. The fourth-order valence-corrected chi connectivity index (χ4v) is 2.75. The first kappa shape index (κ1) is 18.6. The molecule has 0 amide bonds. The Morgan fingerprint density at radius 2 is 1.74 bits per heavy atom. The van der Waals surface area contributed by atoms with Crippen molar-refractivity contribution in [3.05, 3.63) is 75.0 Å². The van der Waals surface area contributed by atoms with Gasteiger partial charge in [-0.3, -0.25) is 4.57 Å². The van der Waals surface area contributed by atoms with Gasteiger partial charge >= 0.3 is 18.0 Å². The average molecular weight is 385 g/mol. The fourth-order valence-electron chi connectivity index (χ4n) is 2.75. The molecular weight excluding hydrogens is 376 g/mol. The van der Waals surface area contributed by atoms with Gasteiger partial charge in [-0.2, -0.15) is 26.3 Å². The summed E-state index contributed by atoms with van der Waals surface area (Å²) in [6, 6.07) is 5.67. The molecule has 0 aliphatic rings. The van der Waals surface area contributed by atoms with Crippen molar-refractivity contribution in [2.24, 2.45) is 0 Å². The summed E-state index contributed by atoms with van der Waals surface area (Å²) in [4.78, 5) is 17.3. The van der Waals surface area contributed by atoms with E-state index in [-0.39, 0.29) is 16.8 Å². The Morgan fingerprint density at radius 3 is 2.33 bits per heavy atom. The molecule has 0 unspecified atom stereocenters. The van der Waals surface area contributed by atoms with Crippen LogP contribution in [-0.4, -0.2) is 9.55 Å². The first-order chi connectivity index (χ1) is 12.5. The zero-order chi connectivity index (χ0) is 20.0. The molecule has 0 saturated carbocycles. The largest absolute Gasteiger partial charge is 0.417 e. The van der Waals surface area contributed by atoms with Gasteiger partial charge in [-0.15, -0.1) is 0 Å². The lowest BCUT2D eigenvalue weighted by Gasteiger charge is -2.13. The number of nitrogens with zero attached hydrogens (tertiary/aromatic N) is 2. The molecule has 3 aromatic rings. The number of benzene rings is 2. The van der Waals surface area contributed by atoms with Crippen molar-refractivity contribution in [2.45, 2.75) is 18.9 Å². The molecule has 3 rings (SSSR count). The highest BCUT2D eigenvalue weighted by Gasteiger charge is 2.35. The Hall–Kier alpha value is -3.22. The van der Waals surface area contributed by atoms with Gasteiger partial charge in [0.05, 0.1) is 35.3 Å². The second kappa shape index (κ2) is 6.19. The molecule has 10 heteroatoms. The standard InChI is InChI=1S/C17H9F6N3O/c1-24-11-6-12(17(21,22)23)14-13(7-11)25-15(27)26(14)8-9-3-2-4-10(5-9)16(18,19)20/h2-7H,8H2,(H,25,27). The van der Waals surface area contributed by atoms with Crippen molar-refractivity contribution in [3.8, 4) is 0 Å². The summed E-state index contributed by atoms with van der Waals surface area (Å²) in [6.45, 7) is 6.40. The van der Waals surface area contributed by atoms with Gasteiger partial charge in [0.1, 0.15) is 0 Å². The van der Waals surface area contributed by atoms with Gasteiger partial charge in [0, 0.05) is 0 Å². The van der Waals surface area contributed by atoms with Crippen LogP contribution >= 0.6 is 0 Å². The number of imidazole rings is 1. The molecule has 4 nitrogen and oxygen atoms in total. The van der Waals surface area contributed by atoms with Crippen molar-refractivity contribution in [2.75, 3.05) is 0 Å². The Balaban J connectivity index is 2.20. The molecule has 1 heterocycles. The number of nitrogens with one attached hydrogen (secondary N) is 1. The van der Waals surface area contributed by atoms with E-state index in [1.165, 1.54) is 6.07 Å². The van der Waals surface area contributed by atoms with E-state index < -0.39 is 41.2 Å². The fraction of sp³-hybridized carbons (Fsp3) is 0.176. The predicted octanol–water partition coefficient (Wildman–Crippen LogP) is 4.97. The van der Waals surface area contributed by atoms with Gasteiger partial charge in [-0.05, 0) is 29.8 Å². The van der Waals surface area contributed by atoms with Crippen LogP contribution in [0, 0.1) is 6.57 Å². The van der Waals surface area contributed by atoms with E-state index in [2.05, 4.69) is 9.83 Å². The summed E-state index contributed by atoms with van der Waals surface area (Å²) in [5.74, 6) is 0. The maximum absolute atomic E-state index is 13.4. The van der Waals surface area contributed by atoms with Gasteiger partial charge in [-0.1, -0.05) is 12.1 Å². The van der Waals surface area contributed by atoms with Crippen molar-refractivity contribution >= 4 is 16.7 Å². The molecule has 0 saturated heterocycles. The minimum absolute atomic E-state index is 0.00945. The van der Waals surface area contributed by atoms with Crippen molar-refractivity contribution in [1.29, 1.82) is 0 Å². The number of rotatable bonds is 2. The van der Waals surface area contributed by atoms with Gasteiger partial charge < -0.3 is 4.98 Å². The van der Waals surface area contributed by atoms with Crippen molar-refractivity contribution in [3.63, 3.8) is 0 Å². The maximum Gasteiger partial charge on any atom is 0.417 e. The molecule has 1 aromatic heterocycles. The number of alkyl halides is 6. The molecule has 1 N–H and O–H groups in total. The highest BCUT2D eigenvalue weighted by molar-refractivity contribution is 5.84. The zero-order valence-electron chi connectivity index (χ0n) is 13.2. The van der Waals surface area contributed by atoms with Crippen LogP contribution in [0.3, 0.4) is 0 Å². The van der Waals surface area contributed by atoms with E-state index in [1.807, 2.05) is 0 Å². The highest BCUT2D eigenvalue weighted by Crippen LogP contribution is 2.37. The number of fused-ring (bicyclic) bond motifs is 1. The number of aromatic nitrogens is 2. The van der Waals surface area contributed by atoms with Gasteiger partial charge in [0.2, 0.25) is 0 Å². The number of hydrogen-bond donors (Lipinski definition) is 1. The van der Waals surface area contributed by atoms with Crippen LogP contribution in [0.25, 0.3) is 15.9 Å². The molecule has 0 atom stereocenters. The second-order valence-electron chi connectivity index (χ2n) is 5.71.